The quantitative estimate of drug-likeness (QED) is 0.612. The SMILES string of the molecule is COc1cccc(C(=O)[C@H](C)C[As](C)C)c1. The fourth-order valence-electron chi connectivity index (χ4n) is 1.69. The van der Waals surface area contributed by atoms with Crippen molar-refractivity contribution >= 4 is 20.4 Å². The first kappa shape index (κ1) is 13.3. The number of ether oxygens (including phenoxy) is 1. The van der Waals surface area contributed by atoms with Gasteiger partial charge in [0.2, 0.25) is 0 Å². The molecule has 0 amide bonds. The molecule has 1 rings (SSSR count). The van der Waals surface area contributed by atoms with Crippen LogP contribution in [-0.4, -0.2) is 27.5 Å². The Kier molecular flexibility index (Phi) is 5.08. The molecule has 0 aromatic heterocycles. The van der Waals surface area contributed by atoms with Crippen LogP contribution in [0.2, 0.25) is 16.6 Å². The monoisotopic (exact) mass is 282 g/mol. The summed E-state index contributed by atoms with van der Waals surface area (Å²) in [5.74, 6) is 1.13. The molecule has 0 radical (unpaired) electrons. The number of carbonyl (C=O) groups excluding carboxylic acids is 1. The molecule has 0 N–H and O–H groups in total. The Labute approximate surface area is 102 Å². The molecule has 2 nitrogen and oxygen atoms in total. The Bertz CT molecular complexity index is 361. The topological polar surface area (TPSA) is 26.3 Å². The first-order chi connectivity index (χ1) is 7.54. The van der Waals surface area contributed by atoms with Gasteiger partial charge in [-0.05, 0) is 0 Å². The fraction of sp³-hybridized carbons (Fsp3) is 0.462. The van der Waals surface area contributed by atoms with Gasteiger partial charge < -0.3 is 0 Å². The average Bonchev–Trinajstić information content (AvgIpc) is 2.27. The second-order valence-electron chi connectivity index (χ2n) is 4.26. The van der Waals surface area contributed by atoms with Crippen LogP contribution in [0.1, 0.15) is 17.3 Å². The molecular formula is C13H19AsO2. The fourth-order valence-corrected chi connectivity index (χ4v) is 4.34. The molecule has 0 spiro atoms. The van der Waals surface area contributed by atoms with Gasteiger partial charge in [-0.15, -0.1) is 0 Å². The van der Waals surface area contributed by atoms with Gasteiger partial charge in [0.15, 0.2) is 0 Å². The van der Waals surface area contributed by atoms with E-state index in [4.69, 9.17) is 4.74 Å². The van der Waals surface area contributed by atoms with Crippen LogP contribution < -0.4 is 4.74 Å². The van der Waals surface area contributed by atoms with Crippen LogP contribution in [-0.2, 0) is 0 Å². The number of rotatable bonds is 5. The van der Waals surface area contributed by atoms with Gasteiger partial charge in [-0.2, -0.15) is 0 Å². The van der Waals surface area contributed by atoms with Gasteiger partial charge >= 0.3 is 102 Å². The van der Waals surface area contributed by atoms with Gasteiger partial charge in [0, 0.05) is 0 Å². The minimum atomic E-state index is -0.741. The Morgan fingerprint density at radius 2 is 2.12 bits per heavy atom. The normalized spacial score (nSPS) is 12.6. The van der Waals surface area contributed by atoms with Crippen LogP contribution >= 0.6 is 0 Å². The molecule has 1 atom stereocenters. The number of Topliss-reactive ketones (excluding diaryl/α,β-unsaturated/α-hetero) is 1. The van der Waals surface area contributed by atoms with Crippen molar-refractivity contribution < 1.29 is 9.53 Å². The molecule has 0 unspecified atom stereocenters. The van der Waals surface area contributed by atoms with E-state index in [2.05, 4.69) is 11.4 Å². The molecule has 0 saturated heterocycles. The summed E-state index contributed by atoms with van der Waals surface area (Å²) in [6.45, 7) is 2.02. The molecule has 16 heavy (non-hydrogen) atoms. The summed E-state index contributed by atoms with van der Waals surface area (Å²) >= 11 is -0.741. The molecule has 0 fully saturated rings. The third-order valence-electron chi connectivity index (χ3n) is 2.44. The van der Waals surface area contributed by atoms with Gasteiger partial charge in [0.05, 0.1) is 0 Å². The Morgan fingerprint density at radius 1 is 1.44 bits per heavy atom. The maximum absolute atomic E-state index is 12.1. The van der Waals surface area contributed by atoms with E-state index in [0.717, 1.165) is 16.5 Å². The van der Waals surface area contributed by atoms with Crippen molar-refractivity contribution in [1.82, 2.24) is 0 Å². The number of benzene rings is 1. The van der Waals surface area contributed by atoms with Crippen molar-refractivity contribution in [2.24, 2.45) is 5.92 Å². The zero-order valence-corrected chi connectivity index (χ0v) is 12.2. The first-order valence-electron chi connectivity index (χ1n) is 5.37. The van der Waals surface area contributed by atoms with Gasteiger partial charge in [0.25, 0.3) is 0 Å². The molecule has 0 aliphatic rings. The van der Waals surface area contributed by atoms with Gasteiger partial charge in [-0.3, -0.25) is 0 Å². The van der Waals surface area contributed by atoms with E-state index in [0.29, 0.717) is 0 Å². The molecule has 0 aliphatic heterocycles. The van der Waals surface area contributed by atoms with Crippen molar-refractivity contribution in [2.75, 3.05) is 7.11 Å². The van der Waals surface area contributed by atoms with Gasteiger partial charge in [0.1, 0.15) is 0 Å². The van der Waals surface area contributed by atoms with E-state index in [1.807, 2.05) is 31.2 Å². The van der Waals surface area contributed by atoms with E-state index in [1.165, 1.54) is 0 Å². The maximum atomic E-state index is 12.1. The van der Waals surface area contributed by atoms with Crippen molar-refractivity contribution in [2.45, 2.75) is 23.6 Å². The summed E-state index contributed by atoms with van der Waals surface area (Å²) in [5.41, 5.74) is 5.33. The summed E-state index contributed by atoms with van der Waals surface area (Å²) in [6, 6.07) is 7.41. The predicted octanol–water partition coefficient (Wildman–Crippen LogP) is 3.27. The standard InChI is InChI=1S/C13H19AsO2/c1-10(9-14(2)3)13(15)11-6-5-7-12(8-11)16-4/h5-8,10H,9H2,1-4H3/t10-/m1/s1. The van der Waals surface area contributed by atoms with Crippen LogP contribution in [0.3, 0.4) is 0 Å². The summed E-state index contributed by atoms with van der Waals surface area (Å²) in [4.78, 5) is 12.1. The van der Waals surface area contributed by atoms with Crippen LogP contribution in [0, 0.1) is 5.92 Å². The zero-order chi connectivity index (χ0) is 12.1. The number of hydrogen-bond acceptors (Lipinski definition) is 2. The van der Waals surface area contributed by atoms with Crippen molar-refractivity contribution in [3.63, 3.8) is 0 Å². The van der Waals surface area contributed by atoms with E-state index in [9.17, 15) is 4.79 Å². The first-order valence-corrected chi connectivity index (χ1v) is 10.5. The minimum absolute atomic E-state index is 0.141. The van der Waals surface area contributed by atoms with E-state index in [-0.39, 0.29) is 11.7 Å². The Balaban J connectivity index is 2.79. The van der Waals surface area contributed by atoms with E-state index >= 15 is 0 Å². The number of methoxy groups -OCH3 is 1. The Hall–Kier alpha value is -0.752. The van der Waals surface area contributed by atoms with Crippen LogP contribution in [0.15, 0.2) is 24.3 Å². The molecule has 88 valence electrons. The Morgan fingerprint density at radius 3 is 2.69 bits per heavy atom. The van der Waals surface area contributed by atoms with Crippen molar-refractivity contribution in [1.29, 1.82) is 0 Å². The molecule has 0 heterocycles. The summed E-state index contributed by atoms with van der Waals surface area (Å²) < 4.78 is 5.12. The van der Waals surface area contributed by atoms with Gasteiger partial charge in [-0.1, -0.05) is 0 Å². The van der Waals surface area contributed by atoms with Gasteiger partial charge in [-0.25, -0.2) is 0 Å². The predicted molar refractivity (Wildman–Crippen MR) is 68.8 cm³/mol. The van der Waals surface area contributed by atoms with Crippen LogP contribution in [0.5, 0.6) is 5.75 Å². The van der Waals surface area contributed by atoms with Crippen LogP contribution in [0.25, 0.3) is 0 Å². The second kappa shape index (κ2) is 6.10. The van der Waals surface area contributed by atoms with Crippen molar-refractivity contribution in [3.8, 4) is 5.75 Å². The molecular weight excluding hydrogens is 263 g/mol. The summed E-state index contributed by atoms with van der Waals surface area (Å²) in [5, 5.41) is 1.07. The molecule has 0 saturated carbocycles. The summed E-state index contributed by atoms with van der Waals surface area (Å²) in [7, 11) is 1.62. The number of ketones is 1. The van der Waals surface area contributed by atoms with Crippen LogP contribution in [0.4, 0.5) is 0 Å². The zero-order valence-electron chi connectivity index (χ0n) is 10.4. The molecule has 1 aromatic carbocycles. The van der Waals surface area contributed by atoms with Crippen molar-refractivity contribution in [3.05, 3.63) is 29.8 Å². The second-order valence-corrected chi connectivity index (χ2v) is 9.56. The van der Waals surface area contributed by atoms with E-state index in [1.54, 1.807) is 7.11 Å². The summed E-state index contributed by atoms with van der Waals surface area (Å²) in [6.07, 6.45) is 0. The third-order valence-corrected chi connectivity index (χ3v) is 5.12. The molecule has 1 aromatic rings. The third kappa shape index (κ3) is 3.68. The average molecular weight is 282 g/mol. The molecule has 3 heteroatoms. The molecule has 0 bridgehead atoms. The number of hydrogen-bond donors (Lipinski definition) is 0. The number of carbonyl (C=O) groups is 1. The molecule has 0 aliphatic carbocycles. The van der Waals surface area contributed by atoms with E-state index < -0.39 is 14.7 Å².